The van der Waals surface area contributed by atoms with E-state index in [-0.39, 0.29) is 69.3 Å². The van der Waals surface area contributed by atoms with E-state index in [1.54, 1.807) is 37.4 Å². The minimum atomic E-state index is -4.08. The largest absolute Gasteiger partial charge is 0.411 e. The maximum absolute atomic E-state index is 14.7. The fourth-order valence-corrected chi connectivity index (χ4v) is 13.6. The molecule has 0 spiro atoms. The van der Waals surface area contributed by atoms with Crippen molar-refractivity contribution in [3.8, 4) is 0 Å². The van der Waals surface area contributed by atoms with Gasteiger partial charge in [0, 0.05) is 24.9 Å². The molecule has 13 atom stereocenters. The van der Waals surface area contributed by atoms with E-state index in [9.17, 15) is 13.2 Å². The molecule has 12 heteroatoms. The number of sulfone groups is 1. The number of ketones is 1. The van der Waals surface area contributed by atoms with Gasteiger partial charge in [-0.05, 0) is 103 Å². The third kappa shape index (κ3) is 13.2. The summed E-state index contributed by atoms with van der Waals surface area (Å²) in [7, 11) is -6.92. The lowest BCUT2D eigenvalue weighted by Crippen LogP contribution is -2.63. The summed E-state index contributed by atoms with van der Waals surface area (Å²) in [6.07, 6.45) is 7.49. The predicted octanol–water partition coefficient (Wildman–Crippen LogP) is 12.4. The maximum atomic E-state index is 14.7. The standard InChI is InChI=1S/C48H83IO8SSi2/c1-18-32(2)30-40-35(5)42(41(54-40)31-34(4)53-13)46(58(51,52)37-24-20-19-21-25-37)38(50)26-22-23-27-39-36(6)44(56-59(14,15)47(7,8)9)45(43(55-39)33(3)28-29-49)57-60(16,17)48(10,11)12/h19-22,24-26,28-29,32-36,39-46H,18,23,27,30-31H2,1-17H3/b26-22?,29-28+/t32-,33+,34?,35+,36+,39+,40-,41+,42?,43+,44+,45-,46?/m1/s1. The Morgan fingerprint density at radius 3 is 1.93 bits per heavy atom. The second kappa shape index (κ2) is 22.0. The molecular formula is C48H83IO8SSi2. The van der Waals surface area contributed by atoms with Gasteiger partial charge in [0.05, 0.1) is 47.6 Å². The number of rotatable bonds is 20. The summed E-state index contributed by atoms with van der Waals surface area (Å²) < 4.78 is 65.7. The van der Waals surface area contributed by atoms with E-state index >= 15 is 0 Å². The van der Waals surface area contributed by atoms with Gasteiger partial charge in [-0.15, -0.1) is 0 Å². The molecule has 2 heterocycles. The fourth-order valence-electron chi connectivity index (χ4n) is 8.25. The summed E-state index contributed by atoms with van der Waals surface area (Å²) in [6.45, 7) is 35.7. The molecule has 2 aliphatic heterocycles. The molecule has 0 radical (unpaired) electrons. The smallest absolute Gasteiger partial charge is 0.192 e. The Balaban J connectivity index is 2.03. The van der Waals surface area contributed by atoms with Crippen molar-refractivity contribution in [3.63, 3.8) is 0 Å². The lowest BCUT2D eigenvalue weighted by Gasteiger charge is -2.53. The molecule has 0 amide bonds. The third-order valence-electron chi connectivity index (χ3n) is 14.7. The van der Waals surface area contributed by atoms with E-state index in [1.807, 2.05) is 13.0 Å². The summed E-state index contributed by atoms with van der Waals surface area (Å²) in [6, 6.07) is 8.42. The van der Waals surface area contributed by atoms with Crippen molar-refractivity contribution < 1.29 is 36.3 Å². The van der Waals surface area contributed by atoms with Crippen LogP contribution in [0.3, 0.4) is 0 Å². The molecular weight excluding hydrogens is 920 g/mol. The number of halogens is 1. The lowest BCUT2D eigenvalue weighted by atomic mass is 9.80. The summed E-state index contributed by atoms with van der Waals surface area (Å²) in [5, 5.41) is -1.29. The molecule has 2 fully saturated rings. The van der Waals surface area contributed by atoms with Crippen molar-refractivity contribution in [2.45, 2.75) is 204 Å². The number of benzene rings is 1. The first-order chi connectivity index (χ1) is 27.6. The van der Waals surface area contributed by atoms with Crippen LogP contribution in [0.1, 0.15) is 115 Å². The topological polar surface area (TPSA) is 97.4 Å². The molecule has 1 aromatic carbocycles. The number of carbonyl (C=O) groups excluding carboxylic acids is 1. The quantitative estimate of drug-likeness (QED) is 0.0724. The Kier molecular flexibility index (Phi) is 19.6. The zero-order valence-corrected chi connectivity index (χ0v) is 45.3. The number of ether oxygens (including phenoxy) is 3. The van der Waals surface area contributed by atoms with Crippen LogP contribution in [-0.4, -0.2) is 85.9 Å². The molecule has 344 valence electrons. The van der Waals surface area contributed by atoms with Gasteiger partial charge >= 0.3 is 0 Å². The summed E-state index contributed by atoms with van der Waals surface area (Å²) >= 11 is 2.28. The summed E-state index contributed by atoms with van der Waals surface area (Å²) in [5.41, 5.74) is 0. The lowest BCUT2D eigenvalue weighted by molar-refractivity contribution is -0.197. The van der Waals surface area contributed by atoms with Gasteiger partial charge in [0.2, 0.25) is 0 Å². The monoisotopic (exact) mass is 1000 g/mol. The normalized spacial score (nSPS) is 29.5. The van der Waals surface area contributed by atoms with E-state index in [1.165, 1.54) is 6.08 Å². The van der Waals surface area contributed by atoms with Gasteiger partial charge in [-0.25, -0.2) is 8.42 Å². The molecule has 1 aromatic rings. The van der Waals surface area contributed by atoms with Crippen LogP contribution >= 0.6 is 22.6 Å². The van der Waals surface area contributed by atoms with Crippen molar-refractivity contribution in [2.75, 3.05) is 7.11 Å². The minimum Gasteiger partial charge on any atom is -0.411 e. The van der Waals surface area contributed by atoms with Crippen LogP contribution in [0.2, 0.25) is 36.3 Å². The van der Waals surface area contributed by atoms with Crippen molar-refractivity contribution >= 4 is 54.8 Å². The minimum absolute atomic E-state index is 0.00171. The molecule has 0 aromatic heterocycles. The van der Waals surface area contributed by atoms with Gasteiger partial charge < -0.3 is 23.1 Å². The highest BCUT2D eigenvalue weighted by atomic mass is 127. The zero-order valence-electron chi connectivity index (χ0n) is 40.3. The van der Waals surface area contributed by atoms with Gasteiger partial charge in [-0.2, -0.15) is 0 Å². The van der Waals surface area contributed by atoms with Gasteiger partial charge in [0.1, 0.15) is 5.25 Å². The Morgan fingerprint density at radius 1 is 0.850 bits per heavy atom. The first-order valence-corrected chi connectivity index (χ1v) is 31.2. The first kappa shape index (κ1) is 53.6. The van der Waals surface area contributed by atoms with Crippen LogP contribution in [0.4, 0.5) is 0 Å². The molecule has 2 aliphatic rings. The SMILES string of the molecule is CC[C@@H](C)C[C@H]1O[C@@H](CC(C)OC)C(C(C(=O)C=CCC[C@@H]2O[C@@H]([C@@H](C)/C=C/I)[C@@H](O[Si](C)(C)C(C)(C)C)[C@@H](O[Si](C)(C)C(C)(C)C)[C@H]2C)S(=O)(=O)c2ccccc2)[C@H]1C. The van der Waals surface area contributed by atoms with Gasteiger partial charge in [0.15, 0.2) is 32.3 Å². The average Bonchev–Trinajstić information content (AvgIpc) is 3.43. The van der Waals surface area contributed by atoms with Crippen LogP contribution in [0.25, 0.3) is 0 Å². The summed E-state index contributed by atoms with van der Waals surface area (Å²) in [5.74, 6) is -0.607. The molecule has 3 unspecified atom stereocenters. The maximum Gasteiger partial charge on any atom is 0.192 e. The van der Waals surface area contributed by atoms with Crippen LogP contribution in [0, 0.1) is 29.6 Å². The molecule has 0 N–H and O–H groups in total. The Labute approximate surface area is 382 Å². The molecule has 0 aliphatic carbocycles. The number of carbonyl (C=O) groups is 1. The van der Waals surface area contributed by atoms with E-state index in [0.29, 0.717) is 25.2 Å². The molecule has 0 saturated carbocycles. The Bertz CT molecular complexity index is 1670. The van der Waals surface area contributed by atoms with Gasteiger partial charge in [0.25, 0.3) is 0 Å². The van der Waals surface area contributed by atoms with Crippen LogP contribution in [0.15, 0.2) is 57.5 Å². The second-order valence-corrected chi connectivity index (χ2v) is 33.5. The number of allylic oxidation sites excluding steroid dienone is 2. The van der Waals surface area contributed by atoms with Crippen LogP contribution in [0.5, 0.6) is 0 Å². The highest BCUT2D eigenvalue weighted by Gasteiger charge is 2.54. The van der Waals surface area contributed by atoms with E-state index in [2.05, 4.69) is 135 Å². The zero-order chi connectivity index (χ0) is 45.6. The van der Waals surface area contributed by atoms with E-state index < -0.39 is 49.5 Å². The average molecular weight is 1000 g/mol. The van der Waals surface area contributed by atoms with Crippen molar-refractivity contribution in [2.24, 2.45) is 29.6 Å². The number of methoxy groups -OCH3 is 1. The predicted molar refractivity (Wildman–Crippen MR) is 262 cm³/mol. The molecule has 3 rings (SSSR count). The van der Waals surface area contributed by atoms with Crippen molar-refractivity contribution in [1.82, 2.24) is 0 Å². The van der Waals surface area contributed by atoms with Crippen LogP contribution in [-0.2, 0) is 37.7 Å². The number of hydrogen-bond acceptors (Lipinski definition) is 8. The third-order valence-corrected chi connectivity index (χ3v) is 26.2. The van der Waals surface area contributed by atoms with Gasteiger partial charge in [-0.3, -0.25) is 4.79 Å². The molecule has 0 bridgehead atoms. The first-order valence-electron chi connectivity index (χ1n) is 22.6. The van der Waals surface area contributed by atoms with E-state index in [0.717, 1.165) is 12.8 Å². The Morgan fingerprint density at radius 2 is 1.42 bits per heavy atom. The highest BCUT2D eigenvalue weighted by molar-refractivity contribution is 14.1. The second-order valence-electron chi connectivity index (χ2n) is 21.2. The van der Waals surface area contributed by atoms with Crippen LogP contribution < -0.4 is 0 Å². The molecule has 60 heavy (non-hydrogen) atoms. The highest BCUT2D eigenvalue weighted by Crippen LogP contribution is 2.47. The summed E-state index contributed by atoms with van der Waals surface area (Å²) in [4.78, 5) is 14.8. The van der Waals surface area contributed by atoms with Gasteiger partial charge in [-0.1, -0.05) is 136 Å². The fraction of sp³-hybridized carbons (Fsp3) is 0.771. The van der Waals surface area contributed by atoms with Crippen molar-refractivity contribution in [3.05, 3.63) is 52.6 Å². The molecule has 2 saturated heterocycles. The number of hydrogen-bond donors (Lipinski definition) is 0. The van der Waals surface area contributed by atoms with E-state index in [4.69, 9.17) is 23.1 Å². The van der Waals surface area contributed by atoms with Crippen molar-refractivity contribution in [1.29, 1.82) is 0 Å². The Hall–Kier alpha value is -0.716. The molecule has 8 nitrogen and oxygen atoms in total.